The van der Waals surface area contributed by atoms with Crippen LogP contribution in [0.25, 0.3) is 6.08 Å². The van der Waals surface area contributed by atoms with Crippen molar-refractivity contribution in [3.8, 4) is 0 Å². The van der Waals surface area contributed by atoms with Gasteiger partial charge in [-0.15, -0.1) is 0 Å². The maximum Gasteiger partial charge on any atom is 0.327 e. The van der Waals surface area contributed by atoms with E-state index in [0.717, 1.165) is 37.4 Å². The average Bonchev–Trinajstić information content (AvgIpc) is 3.07. The molecule has 2 bridgehead atoms. The highest BCUT2D eigenvalue weighted by atomic mass is 16.2. The number of nitrogens with one attached hydrogen (secondary N) is 1. The summed E-state index contributed by atoms with van der Waals surface area (Å²) in [5.41, 5.74) is 1.22. The number of piperazine rings is 1. The van der Waals surface area contributed by atoms with Crippen LogP contribution in [0.5, 0.6) is 0 Å². The van der Waals surface area contributed by atoms with Crippen LogP contribution >= 0.6 is 0 Å². The number of hydrogen-bond acceptors (Lipinski definition) is 6. The Morgan fingerprint density at radius 3 is 2.62 bits per heavy atom. The molecule has 4 aliphatic heterocycles. The second-order valence-electron chi connectivity index (χ2n) is 10.3. The molecule has 3 fully saturated rings. The van der Waals surface area contributed by atoms with Crippen molar-refractivity contribution in [2.24, 2.45) is 12.5 Å². The van der Waals surface area contributed by atoms with Gasteiger partial charge < -0.3 is 14.8 Å². The Labute approximate surface area is 187 Å². The van der Waals surface area contributed by atoms with Gasteiger partial charge in [-0.1, -0.05) is 20.8 Å². The topological polar surface area (TPSA) is 90.4 Å². The summed E-state index contributed by atoms with van der Waals surface area (Å²) in [6, 6.07) is 0.408. The van der Waals surface area contributed by atoms with Crippen molar-refractivity contribution in [2.45, 2.75) is 51.9 Å². The van der Waals surface area contributed by atoms with Gasteiger partial charge in [0.25, 0.3) is 5.91 Å². The zero-order chi connectivity index (χ0) is 22.6. The van der Waals surface area contributed by atoms with Crippen LogP contribution in [0, 0.1) is 5.41 Å². The van der Waals surface area contributed by atoms with Crippen molar-refractivity contribution >= 4 is 17.8 Å². The van der Waals surface area contributed by atoms with Crippen molar-refractivity contribution in [1.82, 2.24) is 29.3 Å². The highest BCUT2D eigenvalue weighted by molar-refractivity contribution is 5.92. The number of imidazole rings is 1. The number of aromatic amines is 1. The highest BCUT2D eigenvalue weighted by Gasteiger charge is 2.46. The molecule has 1 N–H and O–H groups in total. The Morgan fingerprint density at radius 2 is 1.97 bits per heavy atom. The molecule has 0 radical (unpaired) electrons. The zero-order valence-electron chi connectivity index (χ0n) is 19.2. The largest absolute Gasteiger partial charge is 0.336 e. The number of hydrogen-bond donors (Lipinski definition) is 1. The SMILES string of the molecule is Cn1c2c([nH]c1=O)C=CC(N1CC3CCC1CN3C(=O)c1cnccn1)N2CC(C)(C)C. The van der Waals surface area contributed by atoms with Crippen LogP contribution in [0.3, 0.4) is 0 Å². The van der Waals surface area contributed by atoms with Gasteiger partial charge in [-0.25, -0.2) is 9.78 Å². The maximum atomic E-state index is 13.1. The predicted molar refractivity (Wildman–Crippen MR) is 122 cm³/mol. The molecule has 3 saturated heterocycles. The van der Waals surface area contributed by atoms with Crippen LogP contribution in [0.15, 0.2) is 29.5 Å². The summed E-state index contributed by atoms with van der Waals surface area (Å²) in [6.45, 7) is 8.96. The van der Waals surface area contributed by atoms with Gasteiger partial charge in [0.2, 0.25) is 0 Å². The second-order valence-corrected chi connectivity index (χ2v) is 10.3. The predicted octanol–water partition coefficient (Wildman–Crippen LogP) is 1.70. The number of carbonyl (C=O) groups excluding carboxylic acids is 1. The summed E-state index contributed by atoms with van der Waals surface area (Å²) in [5.74, 6) is 0.903. The molecule has 32 heavy (non-hydrogen) atoms. The molecule has 4 aliphatic rings. The van der Waals surface area contributed by atoms with E-state index in [1.165, 1.54) is 0 Å². The lowest BCUT2D eigenvalue weighted by Crippen LogP contribution is -2.68. The molecule has 6 rings (SSSR count). The summed E-state index contributed by atoms with van der Waals surface area (Å²) in [6.07, 6.45) is 11.0. The molecule has 2 aromatic rings. The van der Waals surface area contributed by atoms with Gasteiger partial charge in [0.1, 0.15) is 17.7 Å². The van der Waals surface area contributed by atoms with E-state index in [1.54, 1.807) is 23.2 Å². The Morgan fingerprint density at radius 1 is 1.19 bits per heavy atom. The molecular weight excluding hydrogens is 406 g/mol. The lowest BCUT2D eigenvalue weighted by molar-refractivity contribution is -0.0250. The minimum absolute atomic E-state index is 0.0338. The van der Waals surface area contributed by atoms with Crippen LogP contribution in [-0.2, 0) is 7.05 Å². The molecule has 2 aromatic heterocycles. The third-order valence-electron chi connectivity index (χ3n) is 6.73. The fraction of sp³-hybridized carbons (Fsp3) is 0.565. The van der Waals surface area contributed by atoms with Gasteiger partial charge in [-0.3, -0.25) is 19.2 Å². The van der Waals surface area contributed by atoms with Crippen molar-refractivity contribution in [1.29, 1.82) is 0 Å². The summed E-state index contributed by atoms with van der Waals surface area (Å²) in [4.78, 5) is 43.5. The van der Waals surface area contributed by atoms with E-state index in [1.807, 2.05) is 18.0 Å². The van der Waals surface area contributed by atoms with E-state index in [4.69, 9.17) is 0 Å². The molecule has 1 amide bonds. The Bertz CT molecular complexity index is 1100. The summed E-state index contributed by atoms with van der Waals surface area (Å²) >= 11 is 0. The average molecular weight is 438 g/mol. The first kappa shape index (κ1) is 20.9. The van der Waals surface area contributed by atoms with Gasteiger partial charge >= 0.3 is 5.69 Å². The monoisotopic (exact) mass is 437 g/mol. The molecule has 0 spiro atoms. The van der Waals surface area contributed by atoms with E-state index >= 15 is 0 Å². The Hall–Kier alpha value is -2.94. The fourth-order valence-electron chi connectivity index (χ4n) is 5.37. The Balaban J connectivity index is 1.43. The molecule has 0 aromatic carbocycles. The van der Waals surface area contributed by atoms with Gasteiger partial charge in [-0.05, 0) is 30.4 Å². The van der Waals surface area contributed by atoms with Crippen LogP contribution in [0.2, 0.25) is 0 Å². The van der Waals surface area contributed by atoms with Crippen molar-refractivity contribution in [3.63, 3.8) is 0 Å². The molecule has 0 aliphatic carbocycles. The lowest BCUT2D eigenvalue weighted by atomic mass is 9.89. The lowest BCUT2D eigenvalue weighted by Gasteiger charge is -2.56. The normalized spacial score (nSPS) is 25.3. The number of carbonyl (C=O) groups is 1. The number of fused-ring (bicyclic) bond motifs is 4. The second kappa shape index (κ2) is 7.58. The molecule has 9 heteroatoms. The third-order valence-corrected chi connectivity index (χ3v) is 6.73. The zero-order valence-corrected chi connectivity index (χ0v) is 19.2. The van der Waals surface area contributed by atoms with Crippen molar-refractivity contribution in [3.05, 3.63) is 46.5 Å². The number of anilines is 1. The van der Waals surface area contributed by atoms with E-state index in [9.17, 15) is 9.59 Å². The molecule has 3 unspecified atom stereocenters. The standard InChI is InChI=1S/C23H31N7O2/c1-23(2,3)14-30-19(8-7-17-20(30)27(4)22(32)26-17)28-12-16-6-5-15(28)13-29(16)21(31)18-11-24-9-10-25-18/h7-11,15-16,19H,5-6,12-14H2,1-4H3,(H,26,32). The summed E-state index contributed by atoms with van der Waals surface area (Å²) in [7, 11) is 1.83. The summed E-state index contributed by atoms with van der Waals surface area (Å²) < 4.78 is 1.71. The maximum absolute atomic E-state index is 13.1. The number of rotatable bonds is 3. The quantitative estimate of drug-likeness (QED) is 0.786. The van der Waals surface area contributed by atoms with Gasteiger partial charge in [-0.2, -0.15) is 0 Å². The van der Waals surface area contributed by atoms with Crippen LogP contribution < -0.4 is 10.6 Å². The first-order chi connectivity index (χ1) is 15.2. The van der Waals surface area contributed by atoms with E-state index in [-0.39, 0.29) is 35.3 Å². The number of amides is 1. The van der Waals surface area contributed by atoms with Gasteiger partial charge in [0.05, 0.1) is 11.9 Å². The number of aromatic nitrogens is 4. The highest BCUT2D eigenvalue weighted by Crippen LogP contribution is 2.37. The third kappa shape index (κ3) is 3.54. The van der Waals surface area contributed by atoms with Crippen molar-refractivity contribution in [2.75, 3.05) is 24.5 Å². The molecule has 170 valence electrons. The molecule has 6 heterocycles. The van der Waals surface area contributed by atoms with E-state index < -0.39 is 0 Å². The molecule has 9 nitrogen and oxygen atoms in total. The molecule has 0 saturated carbocycles. The van der Waals surface area contributed by atoms with Crippen LogP contribution in [0.4, 0.5) is 5.82 Å². The smallest absolute Gasteiger partial charge is 0.327 e. The number of nitrogens with zero attached hydrogens (tertiary/aromatic N) is 6. The van der Waals surface area contributed by atoms with Crippen LogP contribution in [0.1, 0.15) is 49.8 Å². The van der Waals surface area contributed by atoms with Crippen molar-refractivity contribution < 1.29 is 4.79 Å². The minimum atomic E-state index is -0.0971. The summed E-state index contributed by atoms with van der Waals surface area (Å²) in [5, 5.41) is 0. The fourth-order valence-corrected chi connectivity index (χ4v) is 5.37. The first-order valence-corrected chi connectivity index (χ1v) is 11.3. The van der Waals surface area contributed by atoms with E-state index in [0.29, 0.717) is 12.2 Å². The number of piperidine rings is 2. The molecular formula is C23H31N7O2. The number of H-pyrrole nitrogens is 1. The Kier molecular flexibility index (Phi) is 4.96. The van der Waals surface area contributed by atoms with E-state index in [2.05, 4.69) is 51.6 Å². The van der Waals surface area contributed by atoms with Gasteiger partial charge in [0, 0.05) is 51.2 Å². The molecule has 3 atom stereocenters. The van der Waals surface area contributed by atoms with Gasteiger partial charge in [0.15, 0.2) is 0 Å². The first-order valence-electron chi connectivity index (χ1n) is 11.3. The minimum Gasteiger partial charge on any atom is -0.336 e. The van der Waals surface area contributed by atoms with Crippen LogP contribution in [-0.4, -0.2) is 73.1 Å².